The fourth-order valence-electron chi connectivity index (χ4n) is 18.3. The number of thiophene rings is 4. The lowest BCUT2D eigenvalue weighted by atomic mass is 10.0. The minimum absolute atomic E-state index is 0.0387. The van der Waals surface area contributed by atoms with Gasteiger partial charge in [-0.25, -0.2) is 19.9 Å². The Balaban J connectivity index is 0.000000105. The molecule has 0 bridgehead atoms. The summed E-state index contributed by atoms with van der Waals surface area (Å²) in [4.78, 5) is 80.7. The van der Waals surface area contributed by atoms with Gasteiger partial charge in [0, 0.05) is 122 Å². The van der Waals surface area contributed by atoms with Gasteiger partial charge in [-0.3, -0.25) is 54.8 Å². The highest BCUT2D eigenvalue weighted by Crippen LogP contribution is 2.42. The molecule has 1 fully saturated rings. The van der Waals surface area contributed by atoms with Gasteiger partial charge in [0.05, 0.1) is 96.4 Å². The van der Waals surface area contributed by atoms with Gasteiger partial charge in [0.1, 0.15) is 22.8 Å². The van der Waals surface area contributed by atoms with Crippen molar-refractivity contribution < 1.29 is 9.59 Å². The lowest BCUT2D eigenvalue weighted by Crippen LogP contribution is -2.18. The van der Waals surface area contributed by atoms with Gasteiger partial charge in [0.2, 0.25) is 11.8 Å². The summed E-state index contributed by atoms with van der Waals surface area (Å²) in [6.07, 6.45) is 17.6. The molecule has 694 valence electrons. The Morgan fingerprint density at radius 1 is 0.345 bits per heavy atom. The molecule has 0 saturated carbocycles. The Kier molecular flexibility index (Phi) is 24.5. The number of aromatic amines is 8. The number of rotatable bonds is 21. The number of anilines is 2. The van der Waals surface area contributed by atoms with E-state index in [0.29, 0.717) is 29.4 Å². The van der Waals surface area contributed by atoms with E-state index in [1.807, 2.05) is 130 Å². The molecule has 142 heavy (non-hydrogen) atoms. The number of para-hydroxylation sites is 4. The van der Waals surface area contributed by atoms with Crippen LogP contribution in [0.15, 0.2) is 317 Å². The van der Waals surface area contributed by atoms with E-state index in [-0.39, 0.29) is 17.7 Å². The van der Waals surface area contributed by atoms with E-state index in [1.54, 1.807) is 70.1 Å². The zero-order valence-electron chi connectivity index (χ0n) is 77.3. The number of carbonyl (C=O) groups is 2. The number of pyridine rings is 4. The van der Waals surface area contributed by atoms with E-state index < -0.39 is 0 Å². The number of benzene rings is 9. The third-order valence-corrected chi connectivity index (χ3v) is 28.0. The zero-order chi connectivity index (χ0) is 95.7. The molecule has 10 N–H and O–H groups in total. The van der Waals surface area contributed by atoms with Crippen LogP contribution in [0.1, 0.15) is 43.4 Å². The second-order valence-corrected chi connectivity index (χ2v) is 38.8. The van der Waals surface area contributed by atoms with Crippen LogP contribution in [0.5, 0.6) is 0 Å². The first-order valence-electron chi connectivity index (χ1n) is 46.6. The summed E-state index contributed by atoms with van der Waals surface area (Å²) >= 11 is 6.73. The normalized spacial score (nSPS) is 12.2. The van der Waals surface area contributed by atoms with Crippen LogP contribution >= 0.6 is 45.3 Å². The van der Waals surface area contributed by atoms with Crippen molar-refractivity contribution in [2.24, 2.45) is 5.92 Å². The van der Waals surface area contributed by atoms with Crippen molar-refractivity contribution >= 4 is 156 Å². The number of nitrogens with one attached hydrogen (secondary N) is 10. The largest absolute Gasteiger partial charge is 0.337 e. The lowest BCUT2D eigenvalue weighted by molar-refractivity contribution is -0.119. The van der Waals surface area contributed by atoms with Gasteiger partial charge in [-0.05, 0) is 266 Å². The Morgan fingerprint density at radius 2 is 0.690 bits per heavy atom. The summed E-state index contributed by atoms with van der Waals surface area (Å²) in [5, 5.41) is 57.8. The maximum Gasteiger partial charge on any atom is 0.228 e. The van der Waals surface area contributed by atoms with E-state index in [2.05, 4.69) is 292 Å². The van der Waals surface area contributed by atoms with E-state index in [9.17, 15) is 9.59 Å². The molecule has 1 aliphatic rings. The molecule has 30 heteroatoms. The topological polar surface area (TPSA) is 346 Å². The van der Waals surface area contributed by atoms with Crippen molar-refractivity contribution in [3.05, 3.63) is 334 Å². The van der Waals surface area contributed by atoms with Crippen molar-refractivity contribution in [2.75, 3.05) is 37.8 Å². The minimum atomic E-state index is -0.104. The first-order valence-corrected chi connectivity index (χ1v) is 50.3. The highest BCUT2D eigenvalue weighted by atomic mass is 32.1. The summed E-state index contributed by atoms with van der Waals surface area (Å²) in [5.74, 6) is 2.72. The third kappa shape index (κ3) is 18.6. The van der Waals surface area contributed by atoms with Crippen LogP contribution in [-0.2, 0) is 29.1 Å². The van der Waals surface area contributed by atoms with Crippen LogP contribution in [0.2, 0.25) is 0 Å². The molecule has 0 aliphatic carbocycles. The number of carbonyl (C=O) groups excluding carboxylic acids is 2. The molecule has 1 aliphatic heterocycles. The van der Waals surface area contributed by atoms with Gasteiger partial charge in [0.15, 0.2) is 23.3 Å². The Hall–Kier alpha value is -17.0. The highest BCUT2D eigenvalue weighted by molar-refractivity contribution is 7.09. The van der Waals surface area contributed by atoms with Crippen molar-refractivity contribution in [3.63, 3.8) is 0 Å². The van der Waals surface area contributed by atoms with Gasteiger partial charge in [-0.1, -0.05) is 117 Å². The molecule has 0 radical (unpaired) electrons. The molecule has 17 heterocycles. The fraction of sp³-hybridized carbons (Fsp3) is 0.107. The van der Waals surface area contributed by atoms with Gasteiger partial charge < -0.3 is 35.5 Å². The van der Waals surface area contributed by atoms with Crippen LogP contribution in [0, 0.1) is 5.92 Å². The summed E-state index contributed by atoms with van der Waals surface area (Å²) in [7, 11) is 4.13. The number of hydrogen-bond acceptors (Lipinski definition) is 20. The Morgan fingerprint density at radius 3 is 1.04 bits per heavy atom. The number of hydrogen-bond donors (Lipinski definition) is 10. The summed E-state index contributed by atoms with van der Waals surface area (Å²) in [6.45, 7) is 7.90. The predicted molar refractivity (Wildman–Crippen MR) is 575 cm³/mol. The van der Waals surface area contributed by atoms with Crippen LogP contribution in [0.25, 0.3) is 223 Å². The average molecular weight is 1930 g/mol. The number of likely N-dealkylation sites (tertiary alicyclic amines) is 1. The quantitative estimate of drug-likeness (QED) is 0.0319. The van der Waals surface area contributed by atoms with Crippen molar-refractivity contribution in [2.45, 2.75) is 46.2 Å². The highest BCUT2D eigenvalue weighted by Gasteiger charge is 2.25. The molecule has 2 amide bonds. The number of fused-ring (bicyclic) bond motifs is 8. The lowest BCUT2D eigenvalue weighted by Gasteiger charge is -2.14. The number of nitrogens with zero attached hydrogens (tertiary/aromatic N) is 14. The summed E-state index contributed by atoms with van der Waals surface area (Å²) < 4.78 is 0. The maximum absolute atomic E-state index is 12.6. The monoisotopic (exact) mass is 1930 g/mol. The molecule has 1 saturated heterocycles. The van der Waals surface area contributed by atoms with Gasteiger partial charge in [-0.15, -0.1) is 0 Å². The number of aromatic nitrogens is 20. The molecular weight excluding hydrogens is 1840 g/mol. The van der Waals surface area contributed by atoms with E-state index in [0.717, 1.165) is 219 Å². The van der Waals surface area contributed by atoms with E-state index in [4.69, 9.17) is 19.9 Å². The standard InChI is InChI=1S/C31H22N6OS.C28H24N6S.C27H22N6OS.C26H22N6S/c38-28(13-19-5-2-1-3-6-19)33-23-14-22(16-32-17-23)20-9-10-26-25(15-20)30(37-36-26)31-34-27-8-4-7-24(29(27)35-31)21-11-12-39-18-21;1-2-10-34(9-1)16-18-12-21(15-29-14-18)19-6-7-24-23(13-19)27(33-32-24)28-30-25-5-3-4-22(26(25)31-28)20-8-11-35-17-20;1-15(2)27(34)29-19-10-18(12-28-13-19)16-6-7-22-21(11-16)25(33-32-22)26-30-23-5-3-4-20(24(23)31-26)17-8-9-35-14-17;1-32(2)14-16-10-19(13-27-12-16)17-6-7-22-21(11-17)25(31-30-22)26-28-23-5-3-4-20(24(23)29-26)18-8-9-33-15-18/h1-12,14-18H,13H2,(H,33,38)(H,34,35)(H,36,37);3-8,11-15,17H,1-2,9-10,16H2,(H,30,31)(H,32,33);3-15H,1-2H3,(H,29,34)(H,30,31)(H,32,33);3-13,15H,14H2,1-2H3,(H,28,29)(H,30,31). The van der Waals surface area contributed by atoms with Gasteiger partial charge in [0.25, 0.3) is 0 Å². The molecule has 0 atom stereocenters. The molecule has 0 unspecified atom stereocenters. The molecule has 26 nitrogen and oxygen atoms in total. The second kappa shape index (κ2) is 39.1. The van der Waals surface area contributed by atoms with Crippen molar-refractivity contribution in [1.29, 1.82) is 0 Å². The summed E-state index contributed by atoms with van der Waals surface area (Å²) in [5.41, 5.74) is 36.7. The Bertz CT molecular complexity index is 8880. The minimum Gasteiger partial charge on any atom is -0.337 e. The average Bonchev–Trinajstić information content (AvgIpc) is 1.62. The summed E-state index contributed by atoms with van der Waals surface area (Å²) in [6, 6.07) is 76.3. The predicted octanol–water partition coefficient (Wildman–Crippen LogP) is 26.0. The van der Waals surface area contributed by atoms with E-state index >= 15 is 0 Å². The van der Waals surface area contributed by atoms with Gasteiger partial charge >= 0.3 is 0 Å². The molecular formula is C112H90N24O2S4. The van der Waals surface area contributed by atoms with Crippen LogP contribution in [-0.4, -0.2) is 149 Å². The number of H-pyrrole nitrogens is 8. The first-order chi connectivity index (χ1) is 69.7. The van der Waals surface area contributed by atoms with Crippen molar-refractivity contribution in [3.8, 4) is 135 Å². The SMILES string of the molecule is CC(C)C(=O)Nc1cncc(-c2ccc3[nH]nc(-c4nc5c(-c6ccsc6)cccc5[nH]4)c3c2)c1.CN(C)Cc1cncc(-c2ccc3[nH]nc(-c4nc5c(-c6ccsc6)cccc5[nH]4)c3c2)c1.O=C(Cc1ccccc1)Nc1cncc(-c2ccc3[nH]nc(-c4nc5c(-c6ccsc6)cccc5[nH]4)c3c2)c1.c1cc(-c2ccsc2)c2nc(-c3n[nH]c4ccc(-c5cncc(CN6CCCC6)c5)cc34)[nH]c2c1. The fourth-order valence-corrected chi connectivity index (χ4v) is 20.9. The van der Waals surface area contributed by atoms with E-state index in [1.165, 1.54) is 48.2 Å². The smallest absolute Gasteiger partial charge is 0.228 e. The molecule has 0 spiro atoms. The van der Waals surface area contributed by atoms with Crippen LogP contribution in [0.4, 0.5) is 11.4 Å². The molecule has 26 rings (SSSR count). The maximum atomic E-state index is 12.6. The number of imidazole rings is 4. The molecule has 16 aromatic heterocycles. The molecule has 25 aromatic rings. The second-order valence-electron chi connectivity index (χ2n) is 35.7. The van der Waals surface area contributed by atoms with Crippen LogP contribution < -0.4 is 10.6 Å². The van der Waals surface area contributed by atoms with Crippen molar-refractivity contribution in [1.82, 2.24) is 110 Å². The van der Waals surface area contributed by atoms with Gasteiger partial charge in [-0.2, -0.15) is 65.7 Å². The first kappa shape index (κ1) is 88.9. The Labute approximate surface area is 829 Å². The molecule has 9 aromatic carbocycles. The zero-order valence-corrected chi connectivity index (χ0v) is 80.6. The third-order valence-electron chi connectivity index (χ3n) is 25.3. The van der Waals surface area contributed by atoms with Crippen LogP contribution in [0.3, 0.4) is 0 Å². The number of amides is 2.